The van der Waals surface area contributed by atoms with Gasteiger partial charge in [0.1, 0.15) is 5.60 Å². The van der Waals surface area contributed by atoms with Crippen LogP contribution in [0.1, 0.15) is 25.8 Å². The largest absolute Gasteiger partial charge is 0.466 e. The van der Waals surface area contributed by atoms with E-state index in [1.165, 1.54) is 6.08 Å². The van der Waals surface area contributed by atoms with Gasteiger partial charge in [0, 0.05) is 0 Å². The van der Waals surface area contributed by atoms with Gasteiger partial charge >= 0.3 is 5.97 Å². The van der Waals surface area contributed by atoms with Crippen molar-refractivity contribution in [1.29, 1.82) is 0 Å². The van der Waals surface area contributed by atoms with E-state index in [2.05, 4.69) is 6.58 Å². The molecule has 0 spiro atoms. The Morgan fingerprint density at radius 1 is 1.44 bits per heavy atom. The van der Waals surface area contributed by atoms with E-state index in [0.717, 1.165) is 0 Å². The lowest BCUT2D eigenvalue weighted by molar-refractivity contribution is -0.156. The second-order valence-corrected chi connectivity index (χ2v) is 4.11. The quantitative estimate of drug-likeness (QED) is 0.622. The third-order valence-electron chi connectivity index (χ3n) is 3.06. The van der Waals surface area contributed by atoms with Crippen LogP contribution in [0.2, 0.25) is 0 Å². The highest BCUT2D eigenvalue weighted by Crippen LogP contribution is 2.33. The van der Waals surface area contributed by atoms with Crippen molar-refractivity contribution >= 4 is 5.97 Å². The van der Waals surface area contributed by atoms with Crippen molar-refractivity contribution in [2.24, 2.45) is 5.92 Å². The first-order valence-corrected chi connectivity index (χ1v) is 6.18. The van der Waals surface area contributed by atoms with Crippen molar-refractivity contribution in [3.05, 3.63) is 48.6 Å². The lowest BCUT2D eigenvalue weighted by atomic mass is 9.80. The molecule has 0 saturated carbocycles. The minimum atomic E-state index is -1.39. The van der Waals surface area contributed by atoms with E-state index < -0.39 is 17.5 Å². The minimum Gasteiger partial charge on any atom is -0.466 e. The molecule has 1 aromatic rings. The second-order valence-electron chi connectivity index (χ2n) is 4.11. The van der Waals surface area contributed by atoms with Gasteiger partial charge in [-0.25, -0.2) is 0 Å². The van der Waals surface area contributed by atoms with E-state index in [0.29, 0.717) is 18.6 Å². The lowest BCUT2D eigenvalue weighted by Crippen LogP contribution is -2.38. The van der Waals surface area contributed by atoms with Crippen molar-refractivity contribution in [2.45, 2.75) is 25.9 Å². The van der Waals surface area contributed by atoms with E-state index in [1.807, 2.05) is 25.1 Å². The molecule has 0 fully saturated rings. The molecular formula is C15H20O3. The van der Waals surface area contributed by atoms with Crippen molar-refractivity contribution in [3.8, 4) is 0 Å². The van der Waals surface area contributed by atoms with Gasteiger partial charge < -0.3 is 9.84 Å². The van der Waals surface area contributed by atoms with Crippen LogP contribution >= 0.6 is 0 Å². The Balaban J connectivity index is 3.13. The number of benzene rings is 1. The standard InChI is InChI=1S/C15H20O3/c1-4-13(14(16)18-6-3)15(17,5-2)12-10-8-7-9-11-12/h5,7-11,13,17H,2,4,6H2,1,3H3. The summed E-state index contributed by atoms with van der Waals surface area (Å²) in [5, 5.41) is 10.7. The monoisotopic (exact) mass is 248 g/mol. The van der Waals surface area contributed by atoms with Gasteiger partial charge in [0.15, 0.2) is 0 Å². The normalized spacial score (nSPS) is 15.5. The summed E-state index contributed by atoms with van der Waals surface area (Å²) in [6, 6.07) is 9.06. The van der Waals surface area contributed by atoms with E-state index in [4.69, 9.17) is 4.74 Å². The number of hydrogen-bond donors (Lipinski definition) is 1. The van der Waals surface area contributed by atoms with E-state index in [1.54, 1.807) is 19.1 Å². The second kappa shape index (κ2) is 6.36. The number of esters is 1. The highest BCUT2D eigenvalue weighted by Gasteiger charge is 2.40. The zero-order valence-corrected chi connectivity index (χ0v) is 10.9. The molecule has 0 aliphatic rings. The van der Waals surface area contributed by atoms with Gasteiger partial charge in [0.2, 0.25) is 0 Å². The Kier molecular flexibility index (Phi) is 5.10. The van der Waals surface area contributed by atoms with Crippen LogP contribution in [0.5, 0.6) is 0 Å². The maximum atomic E-state index is 11.9. The maximum absolute atomic E-state index is 11.9. The molecule has 1 N–H and O–H groups in total. The Labute approximate surface area is 108 Å². The lowest BCUT2D eigenvalue weighted by Gasteiger charge is -2.31. The SMILES string of the molecule is C=CC(O)(c1ccccc1)C(CC)C(=O)OCC. The van der Waals surface area contributed by atoms with E-state index in [9.17, 15) is 9.90 Å². The van der Waals surface area contributed by atoms with E-state index in [-0.39, 0.29) is 0 Å². The Morgan fingerprint density at radius 3 is 2.50 bits per heavy atom. The fourth-order valence-electron chi connectivity index (χ4n) is 2.07. The summed E-state index contributed by atoms with van der Waals surface area (Å²) in [5.41, 5.74) is -0.734. The molecule has 1 rings (SSSR count). The van der Waals surface area contributed by atoms with Crippen LogP contribution < -0.4 is 0 Å². The molecule has 2 unspecified atom stereocenters. The average molecular weight is 248 g/mol. The van der Waals surface area contributed by atoms with Crippen molar-refractivity contribution in [2.75, 3.05) is 6.61 Å². The highest BCUT2D eigenvalue weighted by molar-refractivity contribution is 5.74. The molecule has 98 valence electrons. The third kappa shape index (κ3) is 2.79. The molecule has 3 heteroatoms. The van der Waals surface area contributed by atoms with Gasteiger partial charge in [-0.05, 0) is 18.9 Å². The van der Waals surface area contributed by atoms with Crippen molar-refractivity contribution in [3.63, 3.8) is 0 Å². The summed E-state index contributed by atoms with van der Waals surface area (Å²) in [6.07, 6.45) is 1.89. The molecule has 0 bridgehead atoms. The Hall–Kier alpha value is -1.61. The summed E-state index contributed by atoms with van der Waals surface area (Å²) in [4.78, 5) is 11.9. The summed E-state index contributed by atoms with van der Waals surface area (Å²) in [7, 11) is 0. The van der Waals surface area contributed by atoms with Crippen LogP contribution in [0.15, 0.2) is 43.0 Å². The molecule has 0 amide bonds. The number of carbonyl (C=O) groups excluding carboxylic acids is 1. The van der Waals surface area contributed by atoms with Crippen LogP contribution in [0.3, 0.4) is 0 Å². The van der Waals surface area contributed by atoms with Crippen LogP contribution in [-0.2, 0) is 15.1 Å². The van der Waals surface area contributed by atoms with Gasteiger partial charge in [-0.15, -0.1) is 0 Å². The molecule has 0 aliphatic carbocycles. The Bertz CT molecular complexity index is 399. The predicted octanol–water partition coefficient (Wildman–Crippen LogP) is 2.65. The molecular weight excluding hydrogens is 228 g/mol. The fraction of sp³-hybridized carbons (Fsp3) is 0.400. The number of aliphatic hydroxyl groups is 1. The first-order chi connectivity index (χ1) is 8.60. The molecule has 18 heavy (non-hydrogen) atoms. The van der Waals surface area contributed by atoms with Crippen LogP contribution in [0.25, 0.3) is 0 Å². The molecule has 1 aromatic carbocycles. The van der Waals surface area contributed by atoms with Gasteiger partial charge in [0.25, 0.3) is 0 Å². The van der Waals surface area contributed by atoms with Crippen molar-refractivity contribution in [1.82, 2.24) is 0 Å². The van der Waals surface area contributed by atoms with Gasteiger partial charge in [-0.2, -0.15) is 0 Å². The molecule has 0 heterocycles. The topological polar surface area (TPSA) is 46.5 Å². The number of hydrogen-bond acceptors (Lipinski definition) is 3. The van der Waals surface area contributed by atoms with Crippen LogP contribution in [-0.4, -0.2) is 17.7 Å². The first-order valence-electron chi connectivity index (χ1n) is 6.18. The predicted molar refractivity (Wildman–Crippen MR) is 70.9 cm³/mol. The average Bonchev–Trinajstić information content (AvgIpc) is 2.40. The minimum absolute atomic E-state index is 0.303. The van der Waals surface area contributed by atoms with E-state index >= 15 is 0 Å². The smallest absolute Gasteiger partial charge is 0.312 e. The zero-order chi connectivity index (χ0) is 13.6. The highest BCUT2D eigenvalue weighted by atomic mass is 16.5. The summed E-state index contributed by atoms with van der Waals surface area (Å²) < 4.78 is 5.02. The maximum Gasteiger partial charge on any atom is 0.312 e. The molecule has 0 aliphatic heterocycles. The molecule has 0 aromatic heterocycles. The third-order valence-corrected chi connectivity index (χ3v) is 3.06. The fourth-order valence-corrected chi connectivity index (χ4v) is 2.07. The first kappa shape index (κ1) is 14.5. The number of carbonyl (C=O) groups is 1. The summed E-state index contributed by atoms with van der Waals surface area (Å²) >= 11 is 0. The Morgan fingerprint density at radius 2 is 2.06 bits per heavy atom. The van der Waals surface area contributed by atoms with Gasteiger partial charge in [-0.3, -0.25) is 4.79 Å². The number of ether oxygens (including phenoxy) is 1. The molecule has 0 radical (unpaired) electrons. The van der Waals surface area contributed by atoms with Gasteiger partial charge in [0.05, 0.1) is 12.5 Å². The zero-order valence-electron chi connectivity index (χ0n) is 10.9. The van der Waals surface area contributed by atoms with Crippen LogP contribution in [0, 0.1) is 5.92 Å². The summed E-state index contributed by atoms with van der Waals surface area (Å²) in [5.74, 6) is -1.04. The molecule has 0 saturated heterocycles. The molecule has 2 atom stereocenters. The number of rotatable bonds is 6. The van der Waals surface area contributed by atoms with Gasteiger partial charge in [-0.1, -0.05) is 49.9 Å². The van der Waals surface area contributed by atoms with Crippen molar-refractivity contribution < 1.29 is 14.6 Å². The summed E-state index contributed by atoms with van der Waals surface area (Å²) in [6.45, 7) is 7.56. The molecule has 3 nitrogen and oxygen atoms in total. The van der Waals surface area contributed by atoms with Crippen LogP contribution in [0.4, 0.5) is 0 Å².